The highest BCUT2D eigenvalue weighted by Crippen LogP contribution is 2.17. The predicted molar refractivity (Wildman–Crippen MR) is 90.3 cm³/mol. The predicted octanol–water partition coefficient (Wildman–Crippen LogP) is 2.82. The zero-order chi connectivity index (χ0) is 16.2. The van der Waals surface area contributed by atoms with Crippen LogP contribution in [0.25, 0.3) is 10.9 Å². The largest absolute Gasteiger partial charge is 0.497 e. The molecular formula is C18H20N2O3. The monoisotopic (exact) mass is 312 g/mol. The Morgan fingerprint density at radius 2 is 1.70 bits per heavy atom. The summed E-state index contributed by atoms with van der Waals surface area (Å²) in [7, 11) is 3.53. The van der Waals surface area contributed by atoms with Gasteiger partial charge in [-0.15, -0.1) is 0 Å². The van der Waals surface area contributed by atoms with Crippen LogP contribution in [0.5, 0.6) is 11.5 Å². The standard InChI is InChI=1S/C18H20N2O3/c1-19-11-8-14-9-12-20(18(21)17(14)19)10-3-13-23-16-6-4-15(22-2)5-7-16/h4-9,11-12H,3,10,13H2,1-2H3. The van der Waals surface area contributed by atoms with Crippen LogP contribution in [0.4, 0.5) is 0 Å². The summed E-state index contributed by atoms with van der Waals surface area (Å²) in [5, 5.41) is 0.975. The molecule has 0 amide bonds. The minimum atomic E-state index is 0.0412. The van der Waals surface area contributed by atoms with Crippen LogP contribution >= 0.6 is 0 Å². The van der Waals surface area contributed by atoms with Gasteiger partial charge in [0, 0.05) is 31.4 Å². The number of ether oxygens (including phenoxy) is 2. The summed E-state index contributed by atoms with van der Waals surface area (Å²) >= 11 is 0. The highest BCUT2D eigenvalue weighted by Gasteiger charge is 2.05. The zero-order valence-electron chi connectivity index (χ0n) is 13.4. The van der Waals surface area contributed by atoms with E-state index in [0.717, 1.165) is 28.8 Å². The molecule has 3 rings (SSSR count). The van der Waals surface area contributed by atoms with Crippen molar-refractivity contribution in [2.75, 3.05) is 13.7 Å². The van der Waals surface area contributed by atoms with E-state index in [1.165, 1.54) is 0 Å². The summed E-state index contributed by atoms with van der Waals surface area (Å²) in [5.74, 6) is 1.61. The van der Waals surface area contributed by atoms with E-state index in [1.54, 1.807) is 11.7 Å². The average molecular weight is 312 g/mol. The van der Waals surface area contributed by atoms with Gasteiger partial charge in [-0.2, -0.15) is 0 Å². The first kappa shape index (κ1) is 15.2. The van der Waals surface area contributed by atoms with Crippen LogP contribution in [0.3, 0.4) is 0 Å². The average Bonchev–Trinajstić information content (AvgIpc) is 2.96. The van der Waals surface area contributed by atoms with Crippen molar-refractivity contribution in [3.05, 3.63) is 59.1 Å². The Kier molecular flexibility index (Phi) is 4.37. The number of hydrogen-bond acceptors (Lipinski definition) is 3. The second-order valence-electron chi connectivity index (χ2n) is 5.42. The molecule has 2 aromatic heterocycles. The van der Waals surface area contributed by atoms with Gasteiger partial charge >= 0.3 is 0 Å². The third-order valence-electron chi connectivity index (χ3n) is 3.87. The molecule has 2 heterocycles. The van der Waals surface area contributed by atoms with Gasteiger partial charge in [0.05, 0.1) is 13.7 Å². The van der Waals surface area contributed by atoms with Gasteiger partial charge in [0.2, 0.25) is 0 Å². The third kappa shape index (κ3) is 3.23. The lowest BCUT2D eigenvalue weighted by Gasteiger charge is -2.09. The minimum Gasteiger partial charge on any atom is -0.497 e. The quantitative estimate of drug-likeness (QED) is 0.658. The molecule has 0 spiro atoms. The summed E-state index contributed by atoms with van der Waals surface area (Å²) in [5.41, 5.74) is 0.781. The highest BCUT2D eigenvalue weighted by atomic mass is 16.5. The maximum atomic E-state index is 12.4. The van der Waals surface area contributed by atoms with Gasteiger partial charge in [-0.25, -0.2) is 0 Å². The minimum absolute atomic E-state index is 0.0412. The number of benzene rings is 1. The van der Waals surface area contributed by atoms with Gasteiger partial charge in [0.1, 0.15) is 17.0 Å². The second-order valence-corrected chi connectivity index (χ2v) is 5.42. The lowest BCUT2D eigenvalue weighted by atomic mass is 10.3. The van der Waals surface area contributed by atoms with E-state index in [4.69, 9.17) is 9.47 Å². The number of methoxy groups -OCH3 is 1. The molecule has 0 N–H and O–H groups in total. The normalized spacial score (nSPS) is 10.9. The van der Waals surface area contributed by atoms with E-state index in [9.17, 15) is 4.79 Å². The fourth-order valence-corrected chi connectivity index (χ4v) is 2.60. The molecule has 0 saturated heterocycles. The van der Waals surface area contributed by atoms with Gasteiger partial charge in [-0.1, -0.05) is 0 Å². The van der Waals surface area contributed by atoms with Crippen molar-refractivity contribution < 1.29 is 9.47 Å². The van der Waals surface area contributed by atoms with Crippen molar-refractivity contribution in [1.29, 1.82) is 0 Å². The molecule has 0 aliphatic carbocycles. The Morgan fingerprint density at radius 1 is 1.00 bits per heavy atom. The molecule has 0 saturated carbocycles. The molecular weight excluding hydrogens is 292 g/mol. The third-order valence-corrected chi connectivity index (χ3v) is 3.87. The molecule has 0 aliphatic heterocycles. The van der Waals surface area contributed by atoms with E-state index in [-0.39, 0.29) is 5.56 Å². The fourth-order valence-electron chi connectivity index (χ4n) is 2.60. The first-order chi connectivity index (χ1) is 11.2. The Bertz CT molecular complexity index is 847. The number of nitrogens with zero attached hydrogens (tertiary/aromatic N) is 2. The van der Waals surface area contributed by atoms with Gasteiger partial charge in [0.25, 0.3) is 5.56 Å². The summed E-state index contributed by atoms with van der Waals surface area (Å²) < 4.78 is 14.4. The highest BCUT2D eigenvalue weighted by molar-refractivity contribution is 5.78. The van der Waals surface area contributed by atoms with Crippen molar-refractivity contribution in [2.24, 2.45) is 7.05 Å². The van der Waals surface area contributed by atoms with E-state index in [2.05, 4.69) is 0 Å². The van der Waals surface area contributed by atoms with Crippen molar-refractivity contribution in [1.82, 2.24) is 9.13 Å². The maximum Gasteiger partial charge on any atom is 0.275 e. The van der Waals surface area contributed by atoms with Crippen LogP contribution in [0.2, 0.25) is 0 Å². The van der Waals surface area contributed by atoms with Gasteiger partial charge in [0.15, 0.2) is 0 Å². The summed E-state index contributed by atoms with van der Waals surface area (Å²) in [4.78, 5) is 12.4. The molecule has 5 nitrogen and oxygen atoms in total. The molecule has 0 fully saturated rings. The van der Waals surface area contributed by atoms with E-state index < -0.39 is 0 Å². The molecule has 0 aliphatic rings. The van der Waals surface area contributed by atoms with Crippen LogP contribution in [0.15, 0.2) is 53.6 Å². The van der Waals surface area contributed by atoms with Crippen molar-refractivity contribution in [3.8, 4) is 11.5 Å². The van der Waals surface area contributed by atoms with Crippen molar-refractivity contribution in [2.45, 2.75) is 13.0 Å². The summed E-state index contributed by atoms with van der Waals surface area (Å²) in [6.07, 6.45) is 4.52. The van der Waals surface area contributed by atoms with Crippen LogP contribution < -0.4 is 15.0 Å². The molecule has 5 heteroatoms. The number of hydrogen-bond donors (Lipinski definition) is 0. The van der Waals surface area contributed by atoms with E-state index >= 15 is 0 Å². The zero-order valence-corrected chi connectivity index (χ0v) is 13.4. The van der Waals surface area contributed by atoms with Gasteiger partial charge in [-0.3, -0.25) is 4.79 Å². The Labute approximate surface area is 134 Å². The Balaban J connectivity index is 1.59. The molecule has 0 atom stereocenters. The molecule has 23 heavy (non-hydrogen) atoms. The maximum absolute atomic E-state index is 12.4. The Morgan fingerprint density at radius 3 is 2.43 bits per heavy atom. The Hall–Kier alpha value is -2.69. The molecule has 0 bridgehead atoms. The number of aryl methyl sites for hydroxylation is 2. The molecule has 120 valence electrons. The second kappa shape index (κ2) is 6.60. The van der Waals surface area contributed by atoms with Gasteiger partial charge in [-0.05, 0) is 42.8 Å². The summed E-state index contributed by atoms with van der Waals surface area (Å²) in [6.45, 7) is 1.19. The van der Waals surface area contributed by atoms with Gasteiger partial charge < -0.3 is 18.6 Å². The lowest BCUT2D eigenvalue weighted by Crippen LogP contribution is -2.21. The van der Waals surface area contributed by atoms with E-state index in [1.807, 2.05) is 60.4 Å². The van der Waals surface area contributed by atoms with E-state index in [0.29, 0.717) is 13.2 Å². The fraction of sp³-hybridized carbons (Fsp3) is 0.278. The van der Waals surface area contributed by atoms with Crippen LogP contribution in [0, 0.1) is 0 Å². The van der Waals surface area contributed by atoms with Crippen LogP contribution in [-0.2, 0) is 13.6 Å². The molecule has 3 aromatic rings. The summed E-state index contributed by atoms with van der Waals surface area (Å²) in [6, 6.07) is 11.4. The van der Waals surface area contributed by atoms with Crippen LogP contribution in [-0.4, -0.2) is 22.9 Å². The lowest BCUT2D eigenvalue weighted by molar-refractivity contribution is 0.300. The topological polar surface area (TPSA) is 45.4 Å². The number of rotatable bonds is 6. The number of aromatic nitrogens is 2. The smallest absolute Gasteiger partial charge is 0.275 e. The number of pyridine rings is 1. The first-order valence-electron chi connectivity index (χ1n) is 7.60. The van der Waals surface area contributed by atoms with Crippen LogP contribution in [0.1, 0.15) is 6.42 Å². The molecule has 0 unspecified atom stereocenters. The first-order valence-corrected chi connectivity index (χ1v) is 7.60. The SMILES string of the molecule is COc1ccc(OCCCn2ccc3ccn(C)c3c2=O)cc1. The number of fused-ring (bicyclic) bond motifs is 1. The molecule has 1 aromatic carbocycles. The molecule has 0 radical (unpaired) electrons. The van der Waals surface area contributed by atoms with Crippen molar-refractivity contribution >= 4 is 10.9 Å². The van der Waals surface area contributed by atoms with Crippen molar-refractivity contribution in [3.63, 3.8) is 0 Å².